The van der Waals surface area contributed by atoms with Gasteiger partial charge in [0.1, 0.15) is 0 Å². The molecule has 5 radical (unpaired) electrons. The van der Waals surface area contributed by atoms with Crippen LogP contribution in [0.4, 0.5) is 4.79 Å². The first-order valence-corrected chi connectivity index (χ1v) is 15.9. The zero-order valence-corrected chi connectivity index (χ0v) is 79.7. The standard InChI is InChI=1S/C4H9NO.C4H6O4.C2H3ClO.4C2H7N.C2H4O2.6C2H6.5CH3.10H3P.5Y/c1-4(6)5(2)3;1-3(5)8-4(6)7-2;1-2(3)4;4*1-3-2;1-2(3)4;6*1-2;;;;;;;;;;;;;;;;;;;;/h1-3H3;1-2H3;1H3;4*3H,1-2H3;1H3,(H,3,4);6*1-2H3;15*1H3;;;;;/q;;;;;;;;;;;;;;5*-1;;;;;;;;;;;;;;;. The normalized spacial score (nSPS) is 4.06. The summed E-state index contributed by atoms with van der Waals surface area (Å²) in [5.74, 6) is -1.41. The third kappa shape index (κ3) is 1160. The van der Waals surface area contributed by atoms with E-state index in [0.717, 1.165) is 21.0 Å². The average Bonchev–Trinajstić information content (AvgIpc) is 3.00. The summed E-state index contributed by atoms with van der Waals surface area (Å²) in [5, 5.41) is 18.1. The molecule has 0 saturated carbocycles. The van der Waals surface area contributed by atoms with Crippen molar-refractivity contribution in [1.82, 2.24) is 26.2 Å². The first-order valence-electron chi connectivity index (χ1n) is 15.6. The van der Waals surface area contributed by atoms with Gasteiger partial charge in [-0.3, -0.25) is 19.2 Å². The van der Waals surface area contributed by atoms with Gasteiger partial charge >= 0.3 is 12.1 Å². The molecule has 0 aliphatic heterocycles. The molecule has 0 spiro atoms. The van der Waals surface area contributed by atoms with Crippen LogP contribution < -0.4 is 21.3 Å². The van der Waals surface area contributed by atoms with Gasteiger partial charge in [-0.2, -0.15) is 99.0 Å². The van der Waals surface area contributed by atoms with Gasteiger partial charge in [-0.15, -0.1) is 0 Å². The third-order valence-corrected chi connectivity index (χ3v) is 1.02. The van der Waals surface area contributed by atoms with Crippen molar-refractivity contribution in [1.29, 1.82) is 0 Å². The summed E-state index contributed by atoms with van der Waals surface area (Å²) in [6.45, 7) is 29.0. The van der Waals surface area contributed by atoms with E-state index < -0.39 is 18.1 Å². The maximum absolute atomic E-state index is 10.1. The van der Waals surface area contributed by atoms with Gasteiger partial charge in [-0.05, 0) is 68.0 Å². The summed E-state index contributed by atoms with van der Waals surface area (Å²) in [7, 11) is 19.6. The van der Waals surface area contributed by atoms with Gasteiger partial charge in [0.05, 0.1) is 7.11 Å². The Morgan fingerprint density at radius 1 is 0.424 bits per heavy atom. The second-order valence-corrected chi connectivity index (χ2v) is 5.98. The topological polar surface area (TPSA) is 175 Å². The molecule has 29 heteroatoms. The molecule has 0 saturated heterocycles. The van der Waals surface area contributed by atoms with Crippen molar-refractivity contribution in [2.45, 2.75) is 111 Å². The Labute approximate surface area is 585 Å². The van der Waals surface area contributed by atoms with Gasteiger partial charge in [0.25, 0.3) is 5.97 Å². The van der Waals surface area contributed by atoms with Crippen LogP contribution >= 0.6 is 111 Å². The van der Waals surface area contributed by atoms with E-state index in [2.05, 4.69) is 42.3 Å². The predicted molar refractivity (Wildman–Crippen MR) is 350 cm³/mol. The molecule has 0 aromatic carbocycles. The fraction of sp³-hybridized carbons (Fsp3) is 0.730. The van der Waals surface area contributed by atoms with Crippen molar-refractivity contribution in [3.05, 3.63) is 37.1 Å². The molecular formula is C37H131ClN5O8P10Y5-5. The Morgan fingerprint density at radius 2 is 0.500 bits per heavy atom. The van der Waals surface area contributed by atoms with Crippen LogP contribution in [0.15, 0.2) is 0 Å². The number of rotatable bonds is 0. The Balaban J connectivity index is -0.00000000522. The molecule has 0 aliphatic carbocycles. The molecule has 5 N–H and O–H groups in total. The van der Waals surface area contributed by atoms with E-state index in [4.69, 9.17) is 9.90 Å². The van der Waals surface area contributed by atoms with Gasteiger partial charge in [0.15, 0.2) is 0 Å². The first-order chi connectivity index (χ1) is 21.4. The molecule has 0 aromatic heterocycles. The smallest absolute Gasteiger partial charge is 0.481 e. The molecule has 429 valence electrons. The molecule has 10 unspecified atom stereocenters. The number of amides is 1. The molecule has 13 nitrogen and oxygen atoms in total. The van der Waals surface area contributed by atoms with Crippen LogP contribution in [-0.2, 0) is 192 Å². The molecule has 0 heterocycles. The SMILES string of the molecule is CC.CC.CC.CC.CC.CC.CC(=O)Cl.CC(=O)N(C)C.CC(=O)O.CNC.CNC.CNC.CNC.COC(=O)OC(C)=O.P.P.P.P.P.P.P.P.P.P.[CH3-].[CH3-].[CH3-].[CH3-].[CH3-].[Y].[Y].[Y].[Y].[Y]. The van der Waals surface area contributed by atoms with Crippen molar-refractivity contribution >= 4 is 140 Å². The number of aliphatic carboxylic acids is 1. The predicted octanol–water partition coefficient (Wildman–Crippen LogP) is 9.59. The minimum absolute atomic E-state index is 0. The Bertz CT molecular complexity index is 488. The van der Waals surface area contributed by atoms with Crippen LogP contribution in [0.5, 0.6) is 0 Å². The van der Waals surface area contributed by atoms with Crippen molar-refractivity contribution in [3.63, 3.8) is 0 Å². The first kappa shape index (κ1) is 248. The number of hydrogen-bond donors (Lipinski definition) is 5. The Morgan fingerprint density at radius 3 is 0.515 bits per heavy atom. The molecule has 1 amide bonds. The van der Waals surface area contributed by atoms with Crippen LogP contribution in [-0.4, -0.2) is 117 Å². The average molecular weight is 1560 g/mol. The summed E-state index contributed by atoms with van der Waals surface area (Å²) in [6, 6.07) is 0. The number of hydrogen-bond acceptors (Lipinski definition) is 11. The van der Waals surface area contributed by atoms with Crippen LogP contribution in [0.25, 0.3) is 0 Å². The van der Waals surface area contributed by atoms with Crippen molar-refractivity contribution in [2.24, 2.45) is 0 Å². The molecule has 0 bridgehead atoms. The number of carboxylic acid groups (broad SMARTS) is 1. The van der Waals surface area contributed by atoms with Crippen LogP contribution in [0.1, 0.15) is 111 Å². The zero-order valence-electron chi connectivity index (χ0n) is 50.6. The molecule has 66 heavy (non-hydrogen) atoms. The van der Waals surface area contributed by atoms with E-state index in [1.807, 2.05) is 139 Å². The van der Waals surface area contributed by atoms with Crippen LogP contribution in [0, 0.1) is 37.1 Å². The number of nitrogens with zero attached hydrogens (tertiary/aromatic N) is 1. The van der Waals surface area contributed by atoms with Crippen LogP contribution in [0.3, 0.4) is 0 Å². The fourth-order valence-electron chi connectivity index (χ4n) is 0.159. The number of carbonyl (C=O) groups excluding carboxylic acids is 4. The number of esters is 1. The maximum Gasteiger partial charge on any atom is 0.515 e. The number of halogens is 1. The van der Waals surface area contributed by atoms with E-state index in [1.165, 1.54) is 18.7 Å². The van der Waals surface area contributed by atoms with Gasteiger partial charge < -0.3 is 77.9 Å². The summed E-state index contributed by atoms with van der Waals surface area (Å²) < 4.78 is 7.88. The van der Waals surface area contributed by atoms with Gasteiger partial charge in [-0.1, -0.05) is 83.1 Å². The number of ether oxygens (including phenoxy) is 2. The largest absolute Gasteiger partial charge is 0.515 e. The maximum atomic E-state index is 10.1. The summed E-state index contributed by atoms with van der Waals surface area (Å²) in [5.41, 5.74) is 0. The molecular weight excluding hydrogens is 1430 g/mol. The van der Waals surface area contributed by atoms with E-state index in [9.17, 15) is 19.2 Å². The quantitative estimate of drug-likeness (QED) is 0.0512. The molecule has 0 aromatic rings. The van der Waals surface area contributed by atoms with Gasteiger partial charge in [-0.25, -0.2) is 4.79 Å². The number of carbonyl (C=O) groups is 5. The molecule has 0 aliphatic rings. The monoisotopic (exact) mass is 1560 g/mol. The minimum Gasteiger partial charge on any atom is -0.481 e. The number of methoxy groups -OCH3 is 1. The molecule has 0 rings (SSSR count). The van der Waals surface area contributed by atoms with Crippen LogP contribution in [0.2, 0.25) is 0 Å². The second-order valence-electron chi connectivity index (χ2n) is 5.45. The van der Waals surface area contributed by atoms with E-state index in [1.54, 1.807) is 14.1 Å². The fourth-order valence-corrected chi connectivity index (χ4v) is 0.159. The summed E-state index contributed by atoms with van der Waals surface area (Å²) >= 11 is 4.64. The number of carboxylic acids is 1. The molecule has 0 fully saturated rings. The zero-order chi connectivity index (χ0) is 41.7. The Kier molecular flexibility index (Phi) is 1400. The van der Waals surface area contributed by atoms with E-state index in [-0.39, 0.29) is 311 Å². The number of nitrogens with one attached hydrogen (secondary N) is 4. The van der Waals surface area contributed by atoms with Crippen molar-refractivity contribution in [2.75, 3.05) is 77.6 Å². The van der Waals surface area contributed by atoms with Gasteiger partial charge in [0, 0.05) is 205 Å². The van der Waals surface area contributed by atoms with E-state index in [0.29, 0.717) is 0 Å². The summed E-state index contributed by atoms with van der Waals surface area (Å²) in [4.78, 5) is 49.7. The Hall–Kier alpha value is 7.50. The minimum atomic E-state index is -0.975. The van der Waals surface area contributed by atoms with Gasteiger partial charge in [0.2, 0.25) is 11.1 Å². The van der Waals surface area contributed by atoms with Crippen molar-refractivity contribution < 1.29 is 202 Å². The van der Waals surface area contributed by atoms with Crippen molar-refractivity contribution in [3.8, 4) is 0 Å². The second kappa shape index (κ2) is 374. The van der Waals surface area contributed by atoms with E-state index >= 15 is 0 Å². The summed E-state index contributed by atoms with van der Waals surface area (Å²) in [6.07, 6.45) is -0.975. The molecule has 10 atom stereocenters. The third-order valence-electron chi connectivity index (χ3n) is 1.02.